The number of ketones is 1. The van der Waals surface area contributed by atoms with Crippen LogP contribution in [0.4, 0.5) is 0 Å². The van der Waals surface area contributed by atoms with Crippen LogP contribution in [0.15, 0.2) is 29.8 Å². The van der Waals surface area contributed by atoms with Crippen molar-refractivity contribution in [2.45, 2.75) is 46.5 Å². The van der Waals surface area contributed by atoms with Crippen molar-refractivity contribution in [2.75, 3.05) is 0 Å². The normalized spacial score (nSPS) is 22.2. The number of aryl methyl sites for hydroxylation is 1. The highest BCUT2D eigenvalue weighted by atomic mass is 16.3. The van der Waals surface area contributed by atoms with Gasteiger partial charge in [-0.2, -0.15) is 0 Å². The van der Waals surface area contributed by atoms with Crippen molar-refractivity contribution in [3.05, 3.63) is 41.0 Å². The molecule has 0 saturated carbocycles. The molecule has 0 spiro atoms. The van der Waals surface area contributed by atoms with Gasteiger partial charge < -0.3 is 5.11 Å². The number of aromatic hydroxyl groups is 1. The molecule has 0 fully saturated rings. The molecule has 19 heavy (non-hydrogen) atoms. The van der Waals surface area contributed by atoms with Crippen LogP contribution in [-0.2, 0) is 11.2 Å². The molecular formula is C17H22O2. The summed E-state index contributed by atoms with van der Waals surface area (Å²) >= 11 is 0. The Balaban J connectivity index is 2.53. The number of hydrogen-bond acceptors (Lipinski definition) is 2. The first kappa shape index (κ1) is 13.9. The number of rotatable bonds is 2. The number of carbonyl (C=O) groups excluding carboxylic acids is 1. The lowest BCUT2D eigenvalue weighted by Crippen LogP contribution is -2.30. The molecule has 1 unspecified atom stereocenters. The largest absolute Gasteiger partial charge is 0.508 e. The smallest absolute Gasteiger partial charge is 0.156 e. The Kier molecular flexibility index (Phi) is 3.53. The first-order valence-corrected chi connectivity index (χ1v) is 6.87. The summed E-state index contributed by atoms with van der Waals surface area (Å²) in [6.07, 6.45) is 3.22. The summed E-state index contributed by atoms with van der Waals surface area (Å²) < 4.78 is 0. The van der Waals surface area contributed by atoms with E-state index in [1.165, 1.54) is 0 Å². The number of phenols is 1. The minimum Gasteiger partial charge on any atom is -0.508 e. The number of benzene rings is 1. The van der Waals surface area contributed by atoms with E-state index in [0.717, 1.165) is 23.1 Å². The van der Waals surface area contributed by atoms with Crippen LogP contribution < -0.4 is 0 Å². The number of hydrogen-bond donors (Lipinski definition) is 1. The van der Waals surface area contributed by atoms with E-state index in [2.05, 4.69) is 26.8 Å². The summed E-state index contributed by atoms with van der Waals surface area (Å²) in [5.41, 5.74) is 3.24. The summed E-state index contributed by atoms with van der Waals surface area (Å²) in [7, 11) is 0. The van der Waals surface area contributed by atoms with Crippen molar-refractivity contribution < 1.29 is 9.90 Å². The Labute approximate surface area is 115 Å². The first-order chi connectivity index (χ1) is 8.83. The van der Waals surface area contributed by atoms with Crippen LogP contribution in [0.3, 0.4) is 0 Å². The van der Waals surface area contributed by atoms with Crippen LogP contribution in [0.2, 0.25) is 0 Å². The summed E-state index contributed by atoms with van der Waals surface area (Å²) in [5, 5.41) is 9.88. The molecule has 0 amide bonds. The van der Waals surface area contributed by atoms with Crippen LogP contribution in [-0.4, -0.2) is 10.9 Å². The van der Waals surface area contributed by atoms with Crippen LogP contribution in [0.25, 0.3) is 0 Å². The molecule has 0 saturated heterocycles. The van der Waals surface area contributed by atoms with Gasteiger partial charge >= 0.3 is 0 Å². The van der Waals surface area contributed by atoms with Crippen molar-refractivity contribution >= 4 is 5.78 Å². The Morgan fingerprint density at radius 2 is 2.00 bits per heavy atom. The third-order valence-corrected chi connectivity index (χ3v) is 4.00. The van der Waals surface area contributed by atoms with E-state index < -0.39 is 0 Å². The topological polar surface area (TPSA) is 37.3 Å². The van der Waals surface area contributed by atoms with Crippen molar-refractivity contribution in [3.63, 3.8) is 0 Å². The average molecular weight is 258 g/mol. The van der Waals surface area contributed by atoms with Gasteiger partial charge in [-0.25, -0.2) is 0 Å². The van der Waals surface area contributed by atoms with Gasteiger partial charge in [0.25, 0.3) is 0 Å². The van der Waals surface area contributed by atoms with Gasteiger partial charge in [0.05, 0.1) is 0 Å². The fraction of sp³-hybridized carbons (Fsp3) is 0.471. The minimum absolute atomic E-state index is 0.102. The van der Waals surface area contributed by atoms with Crippen molar-refractivity contribution in [2.24, 2.45) is 5.41 Å². The van der Waals surface area contributed by atoms with E-state index in [4.69, 9.17) is 0 Å². The van der Waals surface area contributed by atoms with Crippen molar-refractivity contribution in [1.29, 1.82) is 0 Å². The molecule has 2 heteroatoms. The summed E-state index contributed by atoms with van der Waals surface area (Å²) in [6, 6.07) is 5.79. The average Bonchev–Trinajstić information content (AvgIpc) is 2.25. The highest BCUT2D eigenvalue weighted by Crippen LogP contribution is 2.47. The maximum Gasteiger partial charge on any atom is 0.156 e. The standard InChI is InChI=1S/C17H22O2/c1-5-12-7-13(9-14(18)8-12)16-11(2)6-15(19)10-17(16,3)4/h6-9,16,18H,5,10H2,1-4H3. The Morgan fingerprint density at radius 1 is 1.32 bits per heavy atom. The highest BCUT2D eigenvalue weighted by Gasteiger charge is 2.37. The molecule has 0 heterocycles. The van der Waals surface area contributed by atoms with Crippen molar-refractivity contribution in [3.8, 4) is 5.75 Å². The van der Waals surface area contributed by atoms with Crippen molar-refractivity contribution in [1.82, 2.24) is 0 Å². The highest BCUT2D eigenvalue weighted by molar-refractivity contribution is 5.92. The molecule has 1 atom stereocenters. The second-order valence-electron chi connectivity index (χ2n) is 6.24. The van der Waals surface area contributed by atoms with E-state index >= 15 is 0 Å². The zero-order valence-electron chi connectivity index (χ0n) is 12.2. The van der Waals surface area contributed by atoms with E-state index in [-0.39, 0.29) is 17.1 Å². The van der Waals surface area contributed by atoms with Crippen LogP contribution in [0, 0.1) is 5.41 Å². The Bertz CT molecular complexity index is 538. The van der Waals surface area contributed by atoms with E-state index in [0.29, 0.717) is 12.2 Å². The van der Waals surface area contributed by atoms with Crippen LogP contribution >= 0.6 is 0 Å². The molecule has 2 nitrogen and oxygen atoms in total. The lowest BCUT2D eigenvalue weighted by atomic mass is 9.65. The molecule has 0 aliphatic heterocycles. The zero-order chi connectivity index (χ0) is 14.2. The number of phenolic OH excluding ortho intramolecular Hbond substituents is 1. The second kappa shape index (κ2) is 4.84. The molecule has 1 aromatic rings. The zero-order valence-corrected chi connectivity index (χ0v) is 12.2. The molecule has 0 radical (unpaired) electrons. The molecule has 1 aromatic carbocycles. The molecule has 1 N–H and O–H groups in total. The quantitative estimate of drug-likeness (QED) is 0.871. The molecule has 0 aromatic heterocycles. The molecule has 1 aliphatic rings. The van der Waals surface area contributed by atoms with Gasteiger partial charge in [-0.3, -0.25) is 4.79 Å². The fourth-order valence-electron chi connectivity index (χ4n) is 3.34. The predicted octanol–water partition coefficient (Wildman–Crippen LogP) is 3.98. The molecular weight excluding hydrogens is 236 g/mol. The van der Waals surface area contributed by atoms with Gasteiger partial charge in [0.15, 0.2) is 5.78 Å². The molecule has 102 valence electrons. The third-order valence-electron chi connectivity index (χ3n) is 4.00. The lowest BCUT2D eigenvalue weighted by Gasteiger charge is -2.38. The predicted molar refractivity (Wildman–Crippen MR) is 77.4 cm³/mol. The van der Waals surface area contributed by atoms with Gasteiger partial charge in [-0.15, -0.1) is 0 Å². The molecule has 1 aliphatic carbocycles. The Hall–Kier alpha value is -1.57. The number of allylic oxidation sites excluding steroid dienone is 2. The van der Waals surface area contributed by atoms with Gasteiger partial charge in [-0.1, -0.05) is 32.4 Å². The SMILES string of the molecule is CCc1cc(O)cc(C2C(C)=CC(=O)CC2(C)C)c1. The summed E-state index contributed by atoms with van der Waals surface area (Å²) in [5.74, 6) is 0.715. The van der Waals surface area contributed by atoms with E-state index in [1.54, 1.807) is 6.08 Å². The maximum absolute atomic E-state index is 11.7. The van der Waals surface area contributed by atoms with Crippen LogP contribution in [0.1, 0.15) is 51.2 Å². The van der Waals surface area contributed by atoms with Crippen LogP contribution in [0.5, 0.6) is 5.75 Å². The van der Waals surface area contributed by atoms with E-state index in [1.807, 2.05) is 19.1 Å². The first-order valence-electron chi connectivity index (χ1n) is 6.87. The Morgan fingerprint density at radius 3 is 2.58 bits per heavy atom. The third kappa shape index (κ3) is 2.73. The second-order valence-corrected chi connectivity index (χ2v) is 6.24. The van der Waals surface area contributed by atoms with Gasteiger partial charge in [0.1, 0.15) is 5.75 Å². The van der Waals surface area contributed by atoms with E-state index in [9.17, 15) is 9.90 Å². The van der Waals surface area contributed by atoms with Gasteiger partial charge in [0, 0.05) is 12.3 Å². The number of carbonyl (C=O) groups is 1. The molecule has 0 bridgehead atoms. The molecule has 2 rings (SSSR count). The fourth-order valence-corrected chi connectivity index (χ4v) is 3.34. The maximum atomic E-state index is 11.7. The summed E-state index contributed by atoms with van der Waals surface area (Å²) in [4.78, 5) is 11.7. The van der Waals surface area contributed by atoms with Gasteiger partial charge in [-0.05, 0) is 48.1 Å². The monoisotopic (exact) mass is 258 g/mol. The summed E-state index contributed by atoms with van der Waals surface area (Å²) in [6.45, 7) is 8.35. The lowest BCUT2D eigenvalue weighted by molar-refractivity contribution is -0.117. The van der Waals surface area contributed by atoms with Gasteiger partial charge in [0.2, 0.25) is 0 Å². The minimum atomic E-state index is -0.102.